The molecule has 2 aromatic rings. The number of benzene rings is 2. The topological polar surface area (TPSA) is 58.6 Å². The Morgan fingerprint density at radius 1 is 1.12 bits per heavy atom. The lowest BCUT2D eigenvalue weighted by Gasteiger charge is -2.19. The monoisotopic (exact) mass is 352 g/mol. The van der Waals surface area contributed by atoms with Gasteiger partial charge in [0.2, 0.25) is 5.91 Å². The van der Waals surface area contributed by atoms with Crippen molar-refractivity contribution in [2.45, 2.75) is 26.2 Å². The van der Waals surface area contributed by atoms with Gasteiger partial charge in [0, 0.05) is 13.1 Å². The van der Waals surface area contributed by atoms with E-state index in [4.69, 9.17) is 4.74 Å². The lowest BCUT2D eigenvalue weighted by atomic mass is 10.0. The Balaban J connectivity index is 1.77. The molecule has 0 spiro atoms. The number of hydrogen-bond acceptors (Lipinski definition) is 3. The summed E-state index contributed by atoms with van der Waals surface area (Å²) in [5.41, 5.74) is 2.91. The molecule has 2 aromatic carbocycles. The average Bonchev–Trinajstić information content (AvgIpc) is 3.16. The van der Waals surface area contributed by atoms with Gasteiger partial charge in [0.25, 0.3) is 5.91 Å². The fourth-order valence-electron chi connectivity index (χ4n) is 3.30. The van der Waals surface area contributed by atoms with Gasteiger partial charge in [-0.3, -0.25) is 9.59 Å². The normalized spacial score (nSPS) is 13.5. The van der Waals surface area contributed by atoms with Crippen LogP contribution in [-0.2, 0) is 11.2 Å². The Hall–Kier alpha value is -2.82. The van der Waals surface area contributed by atoms with Gasteiger partial charge in [-0.05, 0) is 49.1 Å². The molecule has 5 heteroatoms. The minimum atomic E-state index is -0.153. The van der Waals surface area contributed by atoms with E-state index in [9.17, 15) is 9.59 Å². The van der Waals surface area contributed by atoms with Gasteiger partial charge in [-0.15, -0.1) is 0 Å². The number of nitrogens with zero attached hydrogens (tertiary/aromatic N) is 1. The van der Waals surface area contributed by atoms with Crippen LogP contribution < -0.4 is 10.1 Å². The highest BCUT2D eigenvalue weighted by Gasteiger charge is 2.24. The first-order chi connectivity index (χ1) is 12.6. The zero-order valence-electron chi connectivity index (χ0n) is 15.2. The molecule has 0 radical (unpaired) electrons. The van der Waals surface area contributed by atoms with Crippen molar-refractivity contribution < 1.29 is 14.3 Å². The summed E-state index contributed by atoms with van der Waals surface area (Å²) in [5.74, 6) is 0.562. The van der Waals surface area contributed by atoms with Crippen molar-refractivity contribution in [1.29, 1.82) is 0 Å². The summed E-state index contributed by atoms with van der Waals surface area (Å²) in [6, 6.07) is 13.0. The molecule has 1 fully saturated rings. The molecule has 0 atom stereocenters. The van der Waals surface area contributed by atoms with E-state index in [0.29, 0.717) is 11.3 Å². The molecule has 0 aromatic heterocycles. The maximum atomic E-state index is 12.9. The molecule has 26 heavy (non-hydrogen) atoms. The third-order valence-electron chi connectivity index (χ3n) is 4.65. The van der Waals surface area contributed by atoms with Crippen LogP contribution in [0, 0.1) is 6.92 Å². The summed E-state index contributed by atoms with van der Waals surface area (Å²) >= 11 is 0. The minimum absolute atomic E-state index is 0.00252. The Bertz CT molecular complexity index is 811. The molecule has 0 aliphatic carbocycles. The van der Waals surface area contributed by atoms with Crippen LogP contribution in [-0.4, -0.2) is 36.9 Å². The molecule has 1 saturated heterocycles. The first-order valence-electron chi connectivity index (χ1n) is 8.90. The zero-order valence-corrected chi connectivity index (χ0v) is 15.2. The van der Waals surface area contributed by atoms with E-state index in [2.05, 4.69) is 5.32 Å². The summed E-state index contributed by atoms with van der Waals surface area (Å²) in [4.78, 5) is 27.2. The summed E-state index contributed by atoms with van der Waals surface area (Å²) < 4.78 is 5.20. The number of carbonyl (C=O) groups excluding carboxylic acids is 2. The van der Waals surface area contributed by atoms with Gasteiger partial charge in [0.05, 0.1) is 24.8 Å². The maximum Gasteiger partial charge on any atom is 0.256 e. The van der Waals surface area contributed by atoms with Crippen LogP contribution >= 0.6 is 0 Å². The van der Waals surface area contributed by atoms with Crippen LogP contribution in [0.1, 0.15) is 34.3 Å². The predicted molar refractivity (Wildman–Crippen MR) is 102 cm³/mol. The van der Waals surface area contributed by atoms with Crippen LogP contribution in [0.5, 0.6) is 5.75 Å². The lowest BCUT2D eigenvalue weighted by molar-refractivity contribution is -0.115. The van der Waals surface area contributed by atoms with Crippen molar-refractivity contribution in [3.05, 3.63) is 59.2 Å². The second kappa shape index (κ2) is 8.04. The molecule has 1 aliphatic rings. The van der Waals surface area contributed by atoms with E-state index in [1.54, 1.807) is 13.2 Å². The summed E-state index contributed by atoms with van der Waals surface area (Å²) in [7, 11) is 1.60. The standard InChI is InChI=1S/C21H24N2O3/c1-15-7-5-10-18(20(15)21(25)23-11-3-4-12-23)22-19(24)14-16-8-6-9-17(13-16)26-2/h5-10,13H,3-4,11-12,14H2,1-2H3,(H,22,24). The number of hydrogen-bond donors (Lipinski definition) is 1. The highest BCUT2D eigenvalue weighted by Crippen LogP contribution is 2.24. The Labute approximate surface area is 154 Å². The highest BCUT2D eigenvalue weighted by molar-refractivity contribution is 6.05. The van der Waals surface area contributed by atoms with Crippen molar-refractivity contribution in [3.63, 3.8) is 0 Å². The van der Waals surface area contributed by atoms with Crippen LogP contribution in [0.4, 0.5) is 5.69 Å². The van der Waals surface area contributed by atoms with Gasteiger partial charge in [-0.2, -0.15) is 0 Å². The van der Waals surface area contributed by atoms with E-state index < -0.39 is 0 Å². The predicted octanol–water partition coefficient (Wildman–Crippen LogP) is 3.42. The SMILES string of the molecule is COc1cccc(CC(=O)Nc2cccc(C)c2C(=O)N2CCCC2)c1. The molecule has 0 saturated carbocycles. The van der Waals surface area contributed by atoms with Gasteiger partial charge >= 0.3 is 0 Å². The molecule has 136 valence electrons. The Morgan fingerprint density at radius 3 is 2.58 bits per heavy atom. The molecule has 0 unspecified atom stereocenters. The minimum Gasteiger partial charge on any atom is -0.497 e. The Kier molecular flexibility index (Phi) is 5.56. The van der Waals surface area contributed by atoms with Gasteiger partial charge < -0.3 is 15.0 Å². The van der Waals surface area contributed by atoms with Gasteiger partial charge in [-0.25, -0.2) is 0 Å². The molecular weight excluding hydrogens is 328 g/mol. The summed E-state index contributed by atoms with van der Waals surface area (Å²) in [6.07, 6.45) is 2.30. The van der Waals surface area contributed by atoms with E-state index in [1.165, 1.54) is 0 Å². The lowest BCUT2D eigenvalue weighted by Crippen LogP contribution is -2.29. The van der Waals surface area contributed by atoms with Crippen LogP contribution in [0.25, 0.3) is 0 Å². The van der Waals surface area contributed by atoms with Crippen molar-refractivity contribution >= 4 is 17.5 Å². The number of amides is 2. The second-order valence-electron chi connectivity index (χ2n) is 6.57. The third-order valence-corrected chi connectivity index (χ3v) is 4.65. The number of carbonyl (C=O) groups is 2. The maximum absolute atomic E-state index is 12.9. The van der Waals surface area contributed by atoms with E-state index in [1.807, 2.05) is 48.2 Å². The quantitative estimate of drug-likeness (QED) is 0.897. The average molecular weight is 352 g/mol. The number of anilines is 1. The van der Waals surface area contributed by atoms with Crippen molar-refractivity contribution in [1.82, 2.24) is 4.90 Å². The number of ether oxygens (including phenoxy) is 1. The summed E-state index contributed by atoms with van der Waals surface area (Å²) in [5, 5.41) is 2.91. The molecule has 5 nitrogen and oxygen atoms in total. The highest BCUT2D eigenvalue weighted by atomic mass is 16.5. The molecule has 2 amide bonds. The van der Waals surface area contributed by atoms with Gasteiger partial charge in [0.15, 0.2) is 0 Å². The van der Waals surface area contributed by atoms with Gasteiger partial charge in [0.1, 0.15) is 5.75 Å². The fraction of sp³-hybridized carbons (Fsp3) is 0.333. The number of rotatable bonds is 5. The number of likely N-dealkylation sites (tertiary alicyclic amines) is 1. The van der Waals surface area contributed by atoms with E-state index >= 15 is 0 Å². The Morgan fingerprint density at radius 2 is 1.85 bits per heavy atom. The molecule has 0 bridgehead atoms. The first kappa shape index (κ1) is 18.0. The first-order valence-corrected chi connectivity index (χ1v) is 8.90. The fourth-order valence-corrected chi connectivity index (χ4v) is 3.30. The van der Waals surface area contributed by atoms with Crippen molar-refractivity contribution in [2.75, 3.05) is 25.5 Å². The van der Waals surface area contributed by atoms with Crippen LogP contribution in [0.3, 0.4) is 0 Å². The third kappa shape index (κ3) is 4.04. The van der Waals surface area contributed by atoms with Gasteiger partial charge in [-0.1, -0.05) is 24.3 Å². The number of aryl methyl sites for hydroxylation is 1. The van der Waals surface area contributed by atoms with Crippen LogP contribution in [0.2, 0.25) is 0 Å². The zero-order chi connectivity index (χ0) is 18.5. The van der Waals surface area contributed by atoms with Crippen molar-refractivity contribution in [3.8, 4) is 5.75 Å². The largest absolute Gasteiger partial charge is 0.497 e. The molecule has 1 N–H and O–H groups in total. The molecular formula is C21H24N2O3. The van der Waals surface area contributed by atoms with Crippen LogP contribution in [0.15, 0.2) is 42.5 Å². The summed E-state index contributed by atoms with van der Waals surface area (Å²) in [6.45, 7) is 3.47. The van der Waals surface area contributed by atoms with Crippen molar-refractivity contribution in [2.24, 2.45) is 0 Å². The second-order valence-corrected chi connectivity index (χ2v) is 6.57. The van der Waals surface area contributed by atoms with E-state index in [0.717, 1.165) is 42.8 Å². The number of methoxy groups -OCH3 is 1. The van der Waals surface area contributed by atoms with E-state index in [-0.39, 0.29) is 18.2 Å². The molecule has 3 rings (SSSR count). The molecule has 1 aliphatic heterocycles. The molecule has 1 heterocycles. The number of nitrogens with one attached hydrogen (secondary N) is 1. The smallest absolute Gasteiger partial charge is 0.256 e.